The first-order valence-electron chi connectivity index (χ1n) is 4.94. The molecule has 3 heteroatoms. The van der Waals surface area contributed by atoms with E-state index >= 15 is 0 Å². The highest BCUT2D eigenvalue weighted by Crippen LogP contribution is 2.30. The molecule has 0 spiro atoms. The van der Waals surface area contributed by atoms with E-state index in [9.17, 15) is 4.79 Å². The smallest absolute Gasteiger partial charge is 0.308 e. The fourth-order valence-electron chi connectivity index (χ4n) is 2.06. The van der Waals surface area contributed by atoms with Gasteiger partial charge in [0.25, 0.3) is 0 Å². The Kier molecular flexibility index (Phi) is 3.72. The largest absolute Gasteiger partial charge is 0.469 e. The molecule has 1 N–H and O–H groups in total. The maximum atomic E-state index is 11.4. The van der Waals surface area contributed by atoms with Gasteiger partial charge in [0.2, 0.25) is 0 Å². The van der Waals surface area contributed by atoms with Crippen LogP contribution in [0.3, 0.4) is 0 Å². The van der Waals surface area contributed by atoms with Crippen LogP contribution in [0.2, 0.25) is 0 Å². The summed E-state index contributed by atoms with van der Waals surface area (Å²) in [5, 5.41) is 3.23. The van der Waals surface area contributed by atoms with Crippen molar-refractivity contribution in [3.8, 4) is 0 Å². The monoisotopic (exact) mass is 185 g/mol. The predicted molar refractivity (Wildman–Crippen MR) is 51.4 cm³/mol. The summed E-state index contributed by atoms with van der Waals surface area (Å²) in [5.74, 6) is 0.515. The van der Waals surface area contributed by atoms with Crippen LogP contribution < -0.4 is 5.32 Å². The number of carbonyl (C=O) groups is 1. The van der Waals surface area contributed by atoms with Crippen LogP contribution in [-0.2, 0) is 9.53 Å². The maximum Gasteiger partial charge on any atom is 0.308 e. The normalized spacial score (nSPS) is 34.2. The molecule has 13 heavy (non-hydrogen) atoms. The standard InChI is InChI=1S/C10H19NO2/c1-7-4-5-8(11-2)6-9(7)10(12)13-3/h7-9,11H,4-6H2,1-3H3. The van der Waals surface area contributed by atoms with Gasteiger partial charge in [-0.3, -0.25) is 4.79 Å². The average molecular weight is 185 g/mol. The van der Waals surface area contributed by atoms with E-state index in [1.807, 2.05) is 7.05 Å². The number of ether oxygens (including phenoxy) is 1. The van der Waals surface area contributed by atoms with Crippen molar-refractivity contribution in [2.24, 2.45) is 11.8 Å². The van der Waals surface area contributed by atoms with E-state index in [2.05, 4.69) is 12.2 Å². The van der Waals surface area contributed by atoms with Crippen LogP contribution in [0.15, 0.2) is 0 Å². The molecule has 0 bridgehead atoms. The first-order chi connectivity index (χ1) is 6.19. The molecule has 1 aliphatic carbocycles. The second-order valence-corrected chi connectivity index (χ2v) is 3.91. The zero-order chi connectivity index (χ0) is 9.84. The molecular formula is C10H19NO2. The van der Waals surface area contributed by atoms with Crippen molar-refractivity contribution >= 4 is 5.97 Å². The lowest BCUT2D eigenvalue weighted by molar-refractivity contribution is -0.148. The highest BCUT2D eigenvalue weighted by molar-refractivity contribution is 5.72. The van der Waals surface area contributed by atoms with Crippen molar-refractivity contribution in [1.82, 2.24) is 5.32 Å². The van der Waals surface area contributed by atoms with Crippen molar-refractivity contribution in [2.75, 3.05) is 14.2 Å². The van der Waals surface area contributed by atoms with Crippen LogP contribution in [0.1, 0.15) is 26.2 Å². The number of carbonyl (C=O) groups excluding carboxylic acids is 1. The van der Waals surface area contributed by atoms with Crippen molar-refractivity contribution in [1.29, 1.82) is 0 Å². The SMILES string of the molecule is CNC1CCC(C)C(C(=O)OC)C1. The van der Waals surface area contributed by atoms with Crippen molar-refractivity contribution in [2.45, 2.75) is 32.2 Å². The number of nitrogens with one attached hydrogen (secondary N) is 1. The molecule has 1 fully saturated rings. The van der Waals surface area contributed by atoms with E-state index in [4.69, 9.17) is 4.74 Å². The molecule has 1 saturated carbocycles. The average Bonchev–Trinajstić information content (AvgIpc) is 2.17. The van der Waals surface area contributed by atoms with Gasteiger partial charge in [0.1, 0.15) is 0 Å². The number of rotatable bonds is 2. The zero-order valence-electron chi connectivity index (χ0n) is 8.67. The van der Waals surface area contributed by atoms with Gasteiger partial charge < -0.3 is 10.1 Å². The van der Waals surface area contributed by atoms with Crippen molar-refractivity contribution in [3.05, 3.63) is 0 Å². The summed E-state index contributed by atoms with van der Waals surface area (Å²) < 4.78 is 4.79. The van der Waals surface area contributed by atoms with Gasteiger partial charge in [-0.05, 0) is 32.2 Å². The fourth-order valence-corrected chi connectivity index (χ4v) is 2.06. The van der Waals surface area contributed by atoms with Crippen LogP contribution >= 0.6 is 0 Å². The molecule has 3 unspecified atom stereocenters. The summed E-state index contributed by atoms with van der Waals surface area (Å²) in [6.45, 7) is 2.13. The molecule has 1 rings (SSSR count). The lowest BCUT2D eigenvalue weighted by Gasteiger charge is -2.32. The summed E-state index contributed by atoms with van der Waals surface area (Å²) in [6.07, 6.45) is 3.21. The van der Waals surface area contributed by atoms with Gasteiger partial charge in [0, 0.05) is 6.04 Å². The molecular weight excluding hydrogens is 166 g/mol. The Morgan fingerprint density at radius 2 is 2.15 bits per heavy atom. The lowest BCUT2D eigenvalue weighted by atomic mass is 9.78. The summed E-state index contributed by atoms with van der Waals surface area (Å²) in [5.41, 5.74) is 0. The molecule has 0 radical (unpaired) electrons. The lowest BCUT2D eigenvalue weighted by Crippen LogP contribution is -2.38. The molecule has 1 aliphatic rings. The van der Waals surface area contributed by atoms with Gasteiger partial charge >= 0.3 is 5.97 Å². The molecule has 3 nitrogen and oxygen atoms in total. The van der Waals surface area contributed by atoms with Crippen molar-refractivity contribution in [3.63, 3.8) is 0 Å². The molecule has 3 atom stereocenters. The minimum atomic E-state index is -0.0487. The number of esters is 1. The minimum Gasteiger partial charge on any atom is -0.469 e. The topological polar surface area (TPSA) is 38.3 Å². The van der Waals surface area contributed by atoms with E-state index in [0.717, 1.165) is 12.8 Å². The second kappa shape index (κ2) is 4.61. The van der Waals surface area contributed by atoms with Crippen LogP contribution in [0.4, 0.5) is 0 Å². The summed E-state index contributed by atoms with van der Waals surface area (Å²) in [6, 6.07) is 0.486. The molecule has 0 amide bonds. The highest BCUT2D eigenvalue weighted by Gasteiger charge is 2.32. The van der Waals surface area contributed by atoms with Gasteiger partial charge in [-0.15, -0.1) is 0 Å². The first-order valence-corrected chi connectivity index (χ1v) is 4.94. The number of hydrogen-bond acceptors (Lipinski definition) is 3. The summed E-state index contributed by atoms with van der Waals surface area (Å²) in [4.78, 5) is 11.4. The van der Waals surface area contributed by atoms with E-state index in [0.29, 0.717) is 12.0 Å². The van der Waals surface area contributed by atoms with Crippen LogP contribution in [0.5, 0.6) is 0 Å². The Morgan fingerprint density at radius 3 is 2.69 bits per heavy atom. The minimum absolute atomic E-state index is 0.0487. The number of methoxy groups -OCH3 is 1. The van der Waals surface area contributed by atoms with Crippen LogP contribution in [-0.4, -0.2) is 26.2 Å². The Bertz CT molecular complexity index is 182. The maximum absolute atomic E-state index is 11.4. The molecule has 0 heterocycles. The first kappa shape index (κ1) is 10.5. The Morgan fingerprint density at radius 1 is 1.46 bits per heavy atom. The molecule has 0 aromatic heterocycles. The fraction of sp³-hybridized carbons (Fsp3) is 0.900. The zero-order valence-corrected chi connectivity index (χ0v) is 8.67. The molecule has 76 valence electrons. The molecule has 0 saturated heterocycles. The Hall–Kier alpha value is -0.570. The van der Waals surface area contributed by atoms with Crippen LogP contribution in [0.25, 0.3) is 0 Å². The predicted octanol–water partition coefficient (Wildman–Crippen LogP) is 1.18. The third-order valence-corrected chi connectivity index (χ3v) is 3.11. The third kappa shape index (κ3) is 2.44. The van der Waals surface area contributed by atoms with Gasteiger partial charge in [-0.2, -0.15) is 0 Å². The summed E-state index contributed by atoms with van der Waals surface area (Å²) in [7, 11) is 3.42. The molecule has 0 aromatic rings. The Labute approximate surface area is 79.8 Å². The van der Waals surface area contributed by atoms with Gasteiger partial charge in [-0.1, -0.05) is 6.92 Å². The quantitative estimate of drug-likeness (QED) is 0.657. The second-order valence-electron chi connectivity index (χ2n) is 3.91. The van der Waals surface area contributed by atoms with E-state index in [1.54, 1.807) is 0 Å². The molecule has 0 aliphatic heterocycles. The highest BCUT2D eigenvalue weighted by atomic mass is 16.5. The Balaban J connectivity index is 2.54. The van der Waals surface area contributed by atoms with Crippen molar-refractivity contribution < 1.29 is 9.53 Å². The van der Waals surface area contributed by atoms with Gasteiger partial charge in [-0.25, -0.2) is 0 Å². The van der Waals surface area contributed by atoms with Crippen LogP contribution in [0, 0.1) is 11.8 Å². The number of hydrogen-bond donors (Lipinski definition) is 1. The van der Waals surface area contributed by atoms with Gasteiger partial charge in [0.15, 0.2) is 0 Å². The summed E-state index contributed by atoms with van der Waals surface area (Å²) >= 11 is 0. The molecule has 0 aromatic carbocycles. The van der Waals surface area contributed by atoms with E-state index in [-0.39, 0.29) is 11.9 Å². The third-order valence-electron chi connectivity index (χ3n) is 3.11. The van der Waals surface area contributed by atoms with E-state index in [1.165, 1.54) is 13.5 Å². The van der Waals surface area contributed by atoms with E-state index < -0.39 is 0 Å². The van der Waals surface area contributed by atoms with Gasteiger partial charge in [0.05, 0.1) is 13.0 Å².